The molecule has 4 heteroatoms. The normalized spacial score (nSPS) is 24.1. The van der Waals surface area contributed by atoms with Crippen molar-refractivity contribution in [3.63, 3.8) is 0 Å². The molecule has 1 amide bonds. The quantitative estimate of drug-likeness (QED) is 0.888. The largest absolute Gasteiger partial charge is 0.377 e. The van der Waals surface area contributed by atoms with Crippen LogP contribution >= 0.6 is 0 Å². The van der Waals surface area contributed by atoms with Gasteiger partial charge in [0, 0.05) is 24.8 Å². The lowest BCUT2D eigenvalue weighted by Crippen LogP contribution is -2.34. The zero-order chi connectivity index (χ0) is 14.5. The minimum atomic E-state index is 0.0231. The standard InChI is InChI=1S/C16H24N2O2/c1-11(20-2)12-5-4-8-15(10-12)18-16(19)13-6-3-7-14(17)9-13/h4-5,8,10-11,13-14H,3,6-7,9,17H2,1-2H3,(H,18,19). The van der Waals surface area contributed by atoms with Crippen molar-refractivity contribution in [2.24, 2.45) is 11.7 Å². The van der Waals surface area contributed by atoms with Crippen LogP contribution in [0.1, 0.15) is 44.3 Å². The number of benzene rings is 1. The molecule has 3 unspecified atom stereocenters. The molecule has 0 bridgehead atoms. The lowest BCUT2D eigenvalue weighted by molar-refractivity contribution is -0.120. The number of nitrogens with two attached hydrogens (primary N) is 1. The molecular formula is C16H24N2O2. The first-order valence-corrected chi connectivity index (χ1v) is 7.29. The number of rotatable bonds is 4. The number of amides is 1. The van der Waals surface area contributed by atoms with E-state index in [0.717, 1.165) is 36.9 Å². The Balaban J connectivity index is 2.00. The first-order valence-electron chi connectivity index (χ1n) is 7.29. The molecule has 0 aliphatic heterocycles. The van der Waals surface area contributed by atoms with Gasteiger partial charge in [-0.05, 0) is 43.9 Å². The third-order valence-corrected chi connectivity index (χ3v) is 4.06. The fourth-order valence-electron chi connectivity index (χ4n) is 2.72. The Morgan fingerprint density at radius 3 is 2.95 bits per heavy atom. The minimum Gasteiger partial charge on any atom is -0.377 e. The maximum atomic E-state index is 12.3. The zero-order valence-corrected chi connectivity index (χ0v) is 12.3. The third kappa shape index (κ3) is 3.81. The van der Waals surface area contributed by atoms with Crippen LogP contribution in [0.3, 0.4) is 0 Å². The van der Waals surface area contributed by atoms with Crippen LogP contribution < -0.4 is 11.1 Å². The monoisotopic (exact) mass is 276 g/mol. The number of hydrogen-bond donors (Lipinski definition) is 2. The minimum absolute atomic E-state index is 0.0231. The second-order valence-electron chi connectivity index (χ2n) is 5.62. The molecule has 1 aliphatic carbocycles. The van der Waals surface area contributed by atoms with Crippen molar-refractivity contribution < 1.29 is 9.53 Å². The number of carbonyl (C=O) groups is 1. The van der Waals surface area contributed by atoms with E-state index >= 15 is 0 Å². The second-order valence-corrected chi connectivity index (χ2v) is 5.62. The van der Waals surface area contributed by atoms with E-state index in [1.54, 1.807) is 7.11 Å². The van der Waals surface area contributed by atoms with Gasteiger partial charge in [0.25, 0.3) is 0 Å². The Bertz CT molecular complexity index is 462. The molecular weight excluding hydrogens is 252 g/mol. The molecule has 1 aromatic rings. The van der Waals surface area contributed by atoms with Gasteiger partial charge in [0.1, 0.15) is 0 Å². The first-order chi connectivity index (χ1) is 9.60. The summed E-state index contributed by atoms with van der Waals surface area (Å²) in [5, 5.41) is 3.00. The summed E-state index contributed by atoms with van der Waals surface area (Å²) in [6, 6.07) is 7.98. The van der Waals surface area contributed by atoms with Gasteiger partial charge in [0.05, 0.1) is 6.10 Å². The van der Waals surface area contributed by atoms with Gasteiger partial charge >= 0.3 is 0 Å². The topological polar surface area (TPSA) is 64.3 Å². The molecule has 0 aromatic heterocycles. The van der Waals surface area contributed by atoms with E-state index in [1.165, 1.54) is 0 Å². The number of anilines is 1. The van der Waals surface area contributed by atoms with Crippen molar-refractivity contribution in [1.82, 2.24) is 0 Å². The van der Waals surface area contributed by atoms with Gasteiger partial charge in [0.15, 0.2) is 0 Å². The number of carbonyl (C=O) groups excluding carboxylic acids is 1. The van der Waals surface area contributed by atoms with Crippen LogP contribution in [0, 0.1) is 5.92 Å². The molecule has 0 saturated heterocycles. The Kier molecular flexibility index (Phi) is 5.15. The SMILES string of the molecule is COC(C)c1cccc(NC(=O)C2CCCC(N)C2)c1. The van der Waals surface area contributed by atoms with Crippen LogP contribution in [-0.4, -0.2) is 19.1 Å². The summed E-state index contributed by atoms with van der Waals surface area (Å²) in [5.74, 6) is 0.129. The molecule has 2 rings (SSSR count). The fourth-order valence-corrected chi connectivity index (χ4v) is 2.72. The van der Waals surface area contributed by atoms with Gasteiger partial charge in [-0.25, -0.2) is 0 Å². The van der Waals surface area contributed by atoms with Gasteiger partial charge in [-0.15, -0.1) is 0 Å². The van der Waals surface area contributed by atoms with Crippen molar-refractivity contribution in [3.8, 4) is 0 Å². The number of methoxy groups -OCH3 is 1. The summed E-state index contributed by atoms with van der Waals surface area (Å²) in [7, 11) is 1.68. The van der Waals surface area contributed by atoms with Crippen LogP contribution in [0.2, 0.25) is 0 Å². The summed E-state index contributed by atoms with van der Waals surface area (Å²) < 4.78 is 5.30. The maximum Gasteiger partial charge on any atom is 0.227 e. The number of hydrogen-bond acceptors (Lipinski definition) is 3. The second kappa shape index (κ2) is 6.86. The molecule has 4 nitrogen and oxygen atoms in total. The van der Waals surface area contributed by atoms with Crippen LogP contribution in [0.25, 0.3) is 0 Å². The van der Waals surface area contributed by atoms with Gasteiger partial charge in [0.2, 0.25) is 5.91 Å². The molecule has 1 aromatic carbocycles. The number of nitrogens with one attached hydrogen (secondary N) is 1. The fraction of sp³-hybridized carbons (Fsp3) is 0.562. The predicted octanol–water partition coefficient (Wildman–Crippen LogP) is 2.85. The Hall–Kier alpha value is -1.39. The predicted molar refractivity (Wildman–Crippen MR) is 80.4 cm³/mol. The van der Waals surface area contributed by atoms with Crippen molar-refractivity contribution in [1.29, 1.82) is 0 Å². The third-order valence-electron chi connectivity index (χ3n) is 4.06. The Labute approximate surface area is 120 Å². The summed E-state index contributed by atoms with van der Waals surface area (Å²) >= 11 is 0. The van der Waals surface area contributed by atoms with Crippen LogP contribution in [0.15, 0.2) is 24.3 Å². The lowest BCUT2D eigenvalue weighted by atomic mass is 9.85. The Morgan fingerprint density at radius 1 is 1.45 bits per heavy atom. The highest BCUT2D eigenvalue weighted by atomic mass is 16.5. The lowest BCUT2D eigenvalue weighted by Gasteiger charge is -2.25. The molecule has 3 N–H and O–H groups in total. The molecule has 0 spiro atoms. The van der Waals surface area contributed by atoms with E-state index in [-0.39, 0.29) is 24.0 Å². The molecule has 0 heterocycles. The highest BCUT2D eigenvalue weighted by Gasteiger charge is 2.25. The summed E-state index contributed by atoms with van der Waals surface area (Å²) in [6.07, 6.45) is 3.83. The zero-order valence-electron chi connectivity index (χ0n) is 12.3. The summed E-state index contributed by atoms with van der Waals surface area (Å²) in [5.41, 5.74) is 7.83. The summed E-state index contributed by atoms with van der Waals surface area (Å²) in [4.78, 5) is 12.3. The van der Waals surface area contributed by atoms with Crippen LogP contribution in [-0.2, 0) is 9.53 Å². The maximum absolute atomic E-state index is 12.3. The van der Waals surface area contributed by atoms with Gasteiger partial charge < -0.3 is 15.8 Å². The van der Waals surface area contributed by atoms with Crippen molar-refractivity contribution >= 4 is 11.6 Å². The van der Waals surface area contributed by atoms with Gasteiger partial charge in [-0.1, -0.05) is 18.6 Å². The van der Waals surface area contributed by atoms with Crippen LogP contribution in [0.4, 0.5) is 5.69 Å². The highest BCUT2D eigenvalue weighted by molar-refractivity contribution is 5.92. The van der Waals surface area contributed by atoms with Gasteiger partial charge in [-0.3, -0.25) is 4.79 Å². The van der Waals surface area contributed by atoms with E-state index in [4.69, 9.17) is 10.5 Å². The average molecular weight is 276 g/mol. The van der Waals surface area contributed by atoms with Crippen molar-refractivity contribution in [2.45, 2.75) is 44.8 Å². The van der Waals surface area contributed by atoms with Crippen LogP contribution in [0.5, 0.6) is 0 Å². The molecule has 1 fully saturated rings. The summed E-state index contributed by atoms with van der Waals surface area (Å²) in [6.45, 7) is 1.99. The van der Waals surface area contributed by atoms with Crippen molar-refractivity contribution in [2.75, 3.05) is 12.4 Å². The van der Waals surface area contributed by atoms with Gasteiger partial charge in [-0.2, -0.15) is 0 Å². The van der Waals surface area contributed by atoms with E-state index in [9.17, 15) is 4.79 Å². The molecule has 1 saturated carbocycles. The molecule has 3 atom stereocenters. The van der Waals surface area contributed by atoms with E-state index in [0.29, 0.717) is 0 Å². The Morgan fingerprint density at radius 2 is 2.25 bits per heavy atom. The highest BCUT2D eigenvalue weighted by Crippen LogP contribution is 2.25. The molecule has 20 heavy (non-hydrogen) atoms. The number of ether oxygens (including phenoxy) is 1. The van der Waals surface area contributed by atoms with E-state index in [2.05, 4.69) is 5.32 Å². The average Bonchev–Trinajstić information content (AvgIpc) is 2.46. The smallest absolute Gasteiger partial charge is 0.227 e. The van der Waals surface area contributed by atoms with Crippen molar-refractivity contribution in [3.05, 3.63) is 29.8 Å². The van der Waals surface area contributed by atoms with E-state index < -0.39 is 0 Å². The first kappa shape index (κ1) is 15.0. The molecule has 1 aliphatic rings. The molecule has 0 radical (unpaired) electrons. The van der Waals surface area contributed by atoms with E-state index in [1.807, 2.05) is 31.2 Å². The molecule has 110 valence electrons.